The maximum atomic E-state index is 12.0. The smallest absolute Gasteiger partial charge is 0.269 e. The summed E-state index contributed by atoms with van der Waals surface area (Å²) < 4.78 is 6.87. The van der Waals surface area contributed by atoms with E-state index in [1.807, 2.05) is 38.1 Å². The van der Waals surface area contributed by atoms with Gasteiger partial charge in [-0.2, -0.15) is 0 Å². The lowest BCUT2D eigenvalue weighted by Crippen LogP contribution is -2.21. The number of ether oxygens (including phenoxy) is 1. The molecule has 100 valence electrons. The number of hydrogen-bond acceptors (Lipinski definition) is 2. The van der Waals surface area contributed by atoms with E-state index in [9.17, 15) is 4.79 Å². The molecule has 3 nitrogen and oxygen atoms in total. The molecule has 0 fully saturated rings. The zero-order chi connectivity index (χ0) is 14.0. The molecule has 0 atom stereocenters. The average molecular weight is 278 g/mol. The molecule has 1 aromatic heterocycles. The highest BCUT2D eigenvalue weighted by molar-refractivity contribution is 6.30. The number of pyridine rings is 1. The van der Waals surface area contributed by atoms with Crippen LogP contribution in [0.4, 0.5) is 0 Å². The minimum Gasteiger partial charge on any atom is -0.497 e. The van der Waals surface area contributed by atoms with Gasteiger partial charge in [-0.3, -0.25) is 4.79 Å². The number of aromatic nitrogens is 1. The van der Waals surface area contributed by atoms with Gasteiger partial charge in [-0.1, -0.05) is 11.6 Å². The molecule has 0 aliphatic heterocycles. The second kappa shape index (κ2) is 5.49. The quantitative estimate of drug-likeness (QED) is 0.860. The second-order valence-electron chi connectivity index (χ2n) is 4.30. The molecule has 0 radical (unpaired) electrons. The Morgan fingerprint density at radius 1 is 1.26 bits per heavy atom. The third-order valence-electron chi connectivity index (χ3n) is 3.15. The fourth-order valence-corrected chi connectivity index (χ4v) is 2.32. The maximum Gasteiger partial charge on any atom is 0.269 e. The van der Waals surface area contributed by atoms with Crippen molar-refractivity contribution in [1.29, 1.82) is 0 Å². The standard InChI is InChI=1S/C15H16ClNO2/c1-4-17-14(8-7-13(16)15(17)18)12-6-5-11(19-3)9-10(12)2/h5-9H,4H2,1-3H3. The van der Waals surface area contributed by atoms with Gasteiger partial charge in [0, 0.05) is 12.1 Å². The van der Waals surface area contributed by atoms with Gasteiger partial charge in [0.15, 0.2) is 0 Å². The topological polar surface area (TPSA) is 31.2 Å². The predicted molar refractivity (Wildman–Crippen MR) is 78.1 cm³/mol. The Hall–Kier alpha value is -1.74. The fraction of sp³-hybridized carbons (Fsp3) is 0.267. The molecule has 19 heavy (non-hydrogen) atoms. The lowest BCUT2D eigenvalue weighted by atomic mass is 10.0. The predicted octanol–water partition coefficient (Wildman–Crippen LogP) is 3.51. The number of benzene rings is 1. The van der Waals surface area contributed by atoms with Gasteiger partial charge in [0.05, 0.1) is 12.8 Å². The molecule has 0 saturated carbocycles. The lowest BCUT2D eigenvalue weighted by Gasteiger charge is -2.14. The van der Waals surface area contributed by atoms with Gasteiger partial charge in [0.1, 0.15) is 10.8 Å². The first-order valence-corrected chi connectivity index (χ1v) is 6.50. The summed E-state index contributed by atoms with van der Waals surface area (Å²) in [5.41, 5.74) is 2.79. The van der Waals surface area contributed by atoms with E-state index in [0.717, 1.165) is 22.6 Å². The third kappa shape index (κ3) is 2.51. The molecule has 0 bridgehead atoms. The maximum absolute atomic E-state index is 12.0. The zero-order valence-corrected chi connectivity index (χ0v) is 12.0. The molecule has 0 unspecified atom stereocenters. The molecule has 0 aliphatic carbocycles. The summed E-state index contributed by atoms with van der Waals surface area (Å²) in [4.78, 5) is 12.0. The molecule has 0 N–H and O–H groups in total. The van der Waals surface area contributed by atoms with Crippen molar-refractivity contribution in [1.82, 2.24) is 4.57 Å². The van der Waals surface area contributed by atoms with Crippen LogP contribution in [0, 0.1) is 6.92 Å². The third-order valence-corrected chi connectivity index (χ3v) is 3.44. The first-order chi connectivity index (χ1) is 9.08. The molecular weight excluding hydrogens is 262 g/mol. The van der Waals surface area contributed by atoms with Crippen LogP contribution < -0.4 is 10.3 Å². The number of methoxy groups -OCH3 is 1. The first-order valence-electron chi connectivity index (χ1n) is 6.12. The second-order valence-corrected chi connectivity index (χ2v) is 4.70. The Balaban J connectivity index is 2.66. The van der Waals surface area contributed by atoms with E-state index in [1.165, 1.54) is 0 Å². The monoisotopic (exact) mass is 277 g/mol. The van der Waals surface area contributed by atoms with Crippen LogP contribution in [0.2, 0.25) is 5.02 Å². The molecule has 0 aliphatic rings. The van der Waals surface area contributed by atoms with E-state index in [-0.39, 0.29) is 10.6 Å². The molecule has 0 saturated heterocycles. The van der Waals surface area contributed by atoms with Gasteiger partial charge in [0.25, 0.3) is 5.56 Å². The van der Waals surface area contributed by atoms with Gasteiger partial charge < -0.3 is 9.30 Å². The number of rotatable bonds is 3. The van der Waals surface area contributed by atoms with Crippen molar-refractivity contribution in [3.63, 3.8) is 0 Å². The molecule has 1 aromatic carbocycles. The lowest BCUT2D eigenvalue weighted by molar-refractivity contribution is 0.414. The van der Waals surface area contributed by atoms with Crippen LogP contribution in [-0.2, 0) is 6.54 Å². The molecule has 1 heterocycles. The average Bonchev–Trinajstić information content (AvgIpc) is 2.42. The molecule has 2 rings (SSSR count). The highest BCUT2D eigenvalue weighted by Crippen LogP contribution is 2.26. The van der Waals surface area contributed by atoms with Crippen LogP contribution in [0.3, 0.4) is 0 Å². The summed E-state index contributed by atoms with van der Waals surface area (Å²) in [6.07, 6.45) is 0. The van der Waals surface area contributed by atoms with Crippen molar-refractivity contribution < 1.29 is 4.74 Å². The van der Waals surface area contributed by atoms with Crippen molar-refractivity contribution in [3.8, 4) is 17.0 Å². The van der Waals surface area contributed by atoms with Gasteiger partial charge in [0.2, 0.25) is 0 Å². The van der Waals surface area contributed by atoms with Crippen molar-refractivity contribution >= 4 is 11.6 Å². The number of nitrogens with zero attached hydrogens (tertiary/aromatic N) is 1. The van der Waals surface area contributed by atoms with E-state index in [2.05, 4.69) is 0 Å². The molecule has 0 spiro atoms. The summed E-state index contributed by atoms with van der Waals surface area (Å²) in [5.74, 6) is 0.806. The zero-order valence-electron chi connectivity index (χ0n) is 11.2. The van der Waals surface area contributed by atoms with E-state index >= 15 is 0 Å². The van der Waals surface area contributed by atoms with Gasteiger partial charge in [-0.15, -0.1) is 0 Å². The highest BCUT2D eigenvalue weighted by atomic mass is 35.5. The summed E-state index contributed by atoms with van der Waals surface area (Å²) in [5, 5.41) is 0.247. The molecule has 2 aromatic rings. The highest BCUT2D eigenvalue weighted by Gasteiger charge is 2.10. The van der Waals surface area contributed by atoms with Crippen molar-refractivity contribution in [2.24, 2.45) is 0 Å². The van der Waals surface area contributed by atoms with Crippen LogP contribution >= 0.6 is 11.6 Å². The van der Waals surface area contributed by atoms with Crippen LogP contribution in [0.15, 0.2) is 35.1 Å². The van der Waals surface area contributed by atoms with Crippen LogP contribution in [0.5, 0.6) is 5.75 Å². The first kappa shape index (κ1) is 13.7. The van der Waals surface area contributed by atoms with Crippen LogP contribution in [-0.4, -0.2) is 11.7 Å². The summed E-state index contributed by atoms with van der Waals surface area (Å²) in [7, 11) is 1.64. The fourth-order valence-electron chi connectivity index (χ4n) is 2.15. The molecule has 0 amide bonds. The van der Waals surface area contributed by atoms with E-state index < -0.39 is 0 Å². The minimum atomic E-state index is -0.156. The molecular formula is C15H16ClNO2. The van der Waals surface area contributed by atoms with Gasteiger partial charge >= 0.3 is 0 Å². The largest absolute Gasteiger partial charge is 0.497 e. The summed E-state index contributed by atoms with van der Waals surface area (Å²) >= 11 is 5.89. The number of aryl methyl sites for hydroxylation is 1. The number of halogens is 1. The Morgan fingerprint density at radius 3 is 2.58 bits per heavy atom. The summed E-state index contributed by atoms with van der Waals surface area (Å²) in [6.45, 7) is 4.51. The van der Waals surface area contributed by atoms with E-state index in [4.69, 9.17) is 16.3 Å². The Bertz CT molecular complexity index is 662. The van der Waals surface area contributed by atoms with Crippen molar-refractivity contribution in [3.05, 3.63) is 51.3 Å². The van der Waals surface area contributed by atoms with Crippen molar-refractivity contribution in [2.75, 3.05) is 7.11 Å². The Morgan fingerprint density at radius 2 is 2.00 bits per heavy atom. The van der Waals surface area contributed by atoms with Gasteiger partial charge in [-0.05, 0) is 49.7 Å². The van der Waals surface area contributed by atoms with Crippen molar-refractivity contribution in [2.45, 2.75) is 20.4 Å². The van der Waals surface area contributed by atoms with E-state index in [0.29, 0.717) is 6.54 Å². The van der Waals surface area contributed by atoms with Gasteiger partial charge in [-0.25, -0.2) is 0 Å². The van der Waals surface area contributed by atoms with E-state index in [1.54, 1.807) is 17.7 Å². The minimum absolute atomic E-state index is 0.156. The normalized spacial score (nSPS) is 10.5. The Kier molecular flexibility index (Phi) is 3.96. The molecule has 4 heteroatoms. The SMILES string of the molecule is CCn1c(-c2ccc(OC)cc2C)ccc(Cl)c1=O. The van der Waals surface area contributed by atoms with Crippen LogP contribution in [0.1, 0.15) is 12.5 Å². The number of hydrogen-bond donors (Lipinski definition) is 0. The summed E-state index contributed by atoms with van der Waals surface area (Å²) in [6, 6.07) is 9.33. The Labute approximate surface area is 117 Å². The van der Waals surface area contributed by atoms with Crippen LogP contribution in [0.25, 0.3) is 11.3 Å².